The van der Waals surface area contributed by atoms with Crippen LogP contribution in [-0.2, 0) is 13.1 Å². The van der Waals surface area contributed by atoms with E-state index in [2.05, 4.69) is 9.97 Å². The molecule has 2 aromatic rings. The zero-order chi connectivity index (χ0) is 15.3. The first kappa shape index (κ1) is 13.1. The van der Waals surface area contributed by atoms with Crippen LogP contribution in [-0.4, -0.2) is 34.0 Å². The Kier molecular flexibility index (Phi) is 2.83. The van der Waals surface area contributed by atoms with E-state index in [1.165, 1.54) is 11.3 Å². The molecule has 0 unspecified atom stereocenters. The number of aromatic nitrogens is 2. The third kappa shape index (κ3) is 1.93. The fourth-order valence-corrected chi connectivity index (χ4v) is 3.48. The molecule has 8 nitrogen and oxygen atoms in total. The summed E-state index contributed by atoms with van der Waals surface area (Å²) in [5.41, 5.74) is 6.25. The monoisotopic (exact) mass is 320 g/mol. The first-order valence-electron chi connectivity index (χ1n) is 6.67. The van der Waals surface area contributed by atoms with Crippen LogP contribution in [0, 0.1) is 0 Å². The Labute approximate surface area is 128 Å². The lowest BCUT2D eigenvalue weighted by molar-refractivity contribution is 0.0746. The van der Waals surface area contributed by atoms with E-state index < -0.39 is 0 Å². The minimum atomic E-state index is -0.300. The van der Waals surface area contributed by atoms with Gasteiger partial charge in [-0.15, -0.1) is 11.3 Å². The number of thiophene rings is 1. The topological polar surface area (TPSA) is 111 Å². The molecular weight excluding hydrogens is 308 g/mol. The molecule has 0 aromatic carbocycles. The van der Waals surface area contributed by atoms with Gasteiger partial charge in [-0.3, -0.25) is 14.6 Å². The standard InChI is InChI=1S/C13H12N4O4S/c14-13-15-7-4-17(3-6(7)11(18)16-13)12(19)10-9-8(5-22-10)20-1-2-21-9/h5H,1-4H2,(H3,14,15,16,18). The Morgan fingerprint density at radius 2 is 2.18 bits per heavy atom. The summed E-state index contributed by atoms with van der Waals surface area (Å²) in [7, 11) is 0. The van der Waals surface area contributed by atoms with Crippen LogP contribution >= 0.6 is 11.3 Å². The smallest absolute Gasteiger partial charge is 0.268 e. The Hall–Kier alpha value is -2.55. The van der Waals surface area contributed by atoms with E-state index >= 15 is 0 Å². The lowest BCUT2D eigenvalue weighted by Gasteiger charge is -2.18. The number of ether oxygens (including phenoxy) is 2. The molecule has 0 atom stereocenters. The second kappa shape index (κ2) is 4.73. The molecule has 0 aliphatic carbocycles. The highest BCUT2D eigenvalue weighted by atomic mass is 32.1. The summed E-state index contributed by atoms with van der Waals surface area (Å²) in [4.78, 5) is 33.1. The van der Waals surface area contributed by atoms with Crippen molar-refractivity contribution < 1.29 is 14.3 Å². The highest BCUT2D eigenvalue weighted by Crippen LogP contribution is 2.40. The number of anilines is 1. The quantitative estimate of drug-likeness (QED) is 0.784. The maximum absolute atomic E-state index is 12.7. The van der Waals surface area contributed by atoms with Gasteiger partial charge in [0.05, 0.1) is 24.3 Å². The van der Waals surface area contributed by atoms with Gasteiger partial charge in [0.25, 0.3) is 11.5 Å². The van der Waals surface area contributed by atoms with Crippen LogP contribution < -0.4 is 20.8 Å². The number of nitrogens with one attached hydrogen (secondary N) is 1. The zero-order valence-corrected chi connectivity index (χ0v) is 12.2. The largest absolute Gasteiger partial charge is 0.485 e. The number of nitrogens with zero attached hydrogens (tertiary/aromatic N) is 2. The average Bonchev–Trinajstić information content (AvgIpc) is 3.10. The number of nitrogens with two attached hydrogens (primary N) is 1. The molecule has 2 aliphatic rings. The van der Waals surface area contributed by atoms with Gasteiger partial charge >= 0.3 is 0 Å². The van der Waals surface area contributed by atoms with E-state index in [9.17, 15) is 9.59 Å². The van der Waals surface area contributed by atoms with Crippen LogP contribution in [0.2, 0.25) is 0 Å². The molecule has 114 valence electrons. The van der Waals surface area contributed by atoms with Gasteiger partial charge in [-0.1, -0.05) is 0 Å². The summed E-state index contributed by atoms with van der Waals surface area (Å²) in [5, 5.41) is 1.76. The van der Waals surface area contributed by atoms with Gasteiger partial charge in [-0.2, -0.15) is 0 Å². The highest BCUT2D eigenvalue weighted by Gasteiger charge is 2.32. The molecule has 3 N–H and O–H groups in total. The van der Waals surface area contributed by atoms with Gasteiger partial charge in [-0.25, -0.2) is 4.98 Å². The number of hydrogen-bond donors (Lipinski definition) is 2. The van der Waals surface area contributed by atoms with Crippen molar-refractivity contribution in [1.29, 1.82) is 0 Å². The number of carbonyl (C=O) groups excluding carboxylic acids is 1. The maximum atomic E-state index is 12.7. The lowest BCUT2D eigenvalue weighted by Crippen LogP contribution is -2.26. The van der Waals surface area contributed by atoms with E-state index in [-0.39, 0.29) is 30.5 Å². The summed E-state index contributed by atoms with van der Waals surface area (Å²) in [6.45, 7) is 1.37. The summed E-state index contributed by atoms with van der Waals surface area (Å²) in [6, 6.07) is 0. The maximum Gasteiger partial charge on any atom is 0.268 e. The molecule has 4 heterocycles. The van der Waals surface area contributed by atoms with Crippen molar-refractivity contribution in [2.24, 2.45) is 0 Å². The van der Waals surface area contributed by atoms with Crippen molar-refractivity contribution in [3.05, 3.63) is 31.9 Å². The predicted octanol–water partition coefficient (Wildman–Crippen LogP) is 0.341. The fourth-order valence-electron chi connectivity index (χ4n) is 2.58. The van der Waals surface area contributed by atoms with Crippen molar-refractivity contribution in [3.8, 4) is 11.5 Å². The number of rotatable bonds is 1. The van der Waals surface area contributed by atoms with Gasteiger partial charge in [0.2, 0.25) is 5.95 Å². The number of hydrogen-bond acceptors (Lipinski definition) is 7. The predicted molar refractivity (Wildman–Crippen MR) is 78.2 cm³/mol. The minimum Gasteiger partial charge on any atom is -0.485 e. The van der Waals surface area contributed by atoms with Crippen molar-refractivity contribution >= 4 is 23.2 Å². The summed E-state index contributed by atoms with van der Waals surface area (Å²) in [6.07, 6.45) is 0. The van der Waals surface area contributed by atoms with Crippen LogP contribution in [0.4, 0.5) is 5.95 Å². The van der Waals surface area contributed by atoms with Gasteiger partial charge < -0.3 is 20.1 Å². The molecule has 0 saturated carbocycles. The molecule has 2 aliphatic heterocycles. The zero-order valence-electron chi connectivity index (χ0n) is 11.4. The van der Waals surface area contributed by atoms with Crippen LogP contribution in [0.15, 0.2) is 10.2 Å². The van der Waals surface area contributed by atoms with Crippen molar-refractivity contribution in [2.75, 3.05) is 18.9 Å². The molecule has 9 heteroatoms. The fraction of sp³-hybridized carbons (Fsp3) is 0.308. The number of nitrogen functional groups attached to an aromatic ring is 1. The van der Waals surface area contributed by atoms with E-state index in [0.29, 0.717) is 40.8 Å². The summed E-state index contributed by atoms with van der Waals surface area (Å²) >= 11 is 1.27. The molecule has 4 rings (SSSR count). The molecule has 2 aromatic heterocycles. The third-order valence-corrected chi connectivity index (χ3v) is 4.52. The second-order valence-corrected chi connectivity index (χ2v) is 5.87. The normalized spacial score (nSPS) is 15.7. The number of carbonyl (C=O) groups is 1. The van der Waals surface area contributed by atoms with E-state index in [1.807, 2.05) is 0 Å². The Morgan fingerprint density at radius 3 is 3.05 bits per heavy atom. The third-order valence-electron chi connectivity index (χ3n) is 3.59. The lowest BCUT2D eigenvalue weighted by atomic mass is 10.3. The number of fused-ring (bicyclic) bond motifs is 2. The van der Waals surface area contributed by atoms with Gasteiger partial charge in [0.1, 0.15) is 18.1 Å². The van der Waals surface area contributed by atoms with Crippen LogP contribution in [0.3, 0.4) is 0 Å². The molecule has 0 spiro atoms. The molecule has 0 bridgehead atoms. The summed E-state index contributed by atoms with van der Waals surface area (Å²) in [5.74, 6) is 0.936. The Morgan fingerprint density at radius 1 is 1.36 bits per heavy atom. The van der Waals surface area contributed by atoms with Gasteiger partial charge in [-0.05, 0) is 0 Å². The highest BCUT2D eigenvalue weighted by molar-refractivity contribution is 7.12. The molecule has 0 radical (unpaired) electrons. The van der Waals surface area contributed by atoms with Gasteiger partial charge in [0, 0.05) is 5.38 Å². The number of H-pyrrole nitrogens is 1. The molecule has 0 saturated heterocycles. The van der Waals surface area contributed by atoms with Crippen molar-refractivity contribution in [1.82, 2.24) is 14.9 Å². The molecule has 1 amide bonds. The number of amides is 1. The van der Waals surface area contributed by atoms with Crippen LogP contribution in [0.1, 0.15) is 20.9 Å². The summed E-state index contributed by atoms with van der Waals surface area (Å²) < 4.78 is 11.0. The first-order valence-corrected chi connectivity index (χ1v) is 7.55. The molecule has 22 heavy (non-hydrogen) atoms. The molecular formula is C13H12N4O4S. The average molecular weight is 320 g/mol. The van der Waals surface area contributed by atoms with Crippen LogP contribution in [0.5, 0.6) is 11.5 Å². The van der Waals surface area contributed by atoms with Crippen molar-refractivity contribution in [2.45, 2.75) is 13.1 Å². The second-order valence-electron chi connectivity index (χ2n) is 4.99. The van der Waals surface area contributed by atoms with Crippen molar-refractivity contribution in [3.63, 3.8) is 0 Å². The van der Waals surface area contributed by atoms with E-state index in [4.69, 9.17) is 15.2 Å². The van der Waals surface area contributed by atoms with Gasteiger partial charge in [0.15, 0.2) is 11.5 Å². The Bertz CT molecular complexity index is 828. The number of aromatic amines is 1. The first-order chi connectivity index (χ1) is 10.6. The van der Waals surface area contributed by atoms with E-state index in [0.717, 1.165) is 0 Å². The Balaban J connectivity index is 1.64. The minimum absolute atomic E-state index is 0.0586. The molecule has 0 fully saturated rings. The SMILES string of the molecule is Nc1nc2c(c(=O)[nH]1)CN(C(=O)c1scc3c1OCCO3)C2. The van der Waals surface area contributed by atoms with E-state index in [1.54, 1.807) is 10.3 Å². The van der Waals surface area contributed by atoms with Crippen LogP contribution in [0.25, 0.3) is 0 Å².